The van der Waals surface area contributed by atoms with Crippen LogP contribution in [0.1, 0.15) is 63.5 Å². The maximum atomic E-state index is 10.8. The summed E-state index contributed by atoms with van der Waals surface area (Å²) in [5.74, 6) is -0.280. The van der Waals surface area contributed by atoms with Gasteiger partial charge >= 0.3 is 5.97 Å². The van der Waals surface area contributed by atoms with E-state index in [9.17, 15) is 4.79 Å². The molecule has 158 valence electrons. The van der Waals surface area contributed by atoms with Gasteiger partial charge in [0, 0.05) is 30.4 Å². The molecule has 0 radical (unpaired) electrons. The zero-order valence-corrected chi connectivity index (χ0v) is 17.7. The minimum Gasteiger partial charge on any atom is -0.481 e. The second-order valence-corrected chi connectivity index (χ2v) is 8.10. The first-order valence-electron chi connectivity index (χ1n) is 10.0. The number of guanidine groups is 1. The minimum absolute atomic E-state index is 0.0983. The number of aromatic nitrogens is 1. The van der Waals surface area contributed by atoms with Crippen molar-refractivity contribution in [1.29, 1.82) is 5.26 Å². The van der Waals surface area contributed by atoms with Gasteiger partial charge in [0.05, 0.1) is 5.54 Å². The molecule has 0 aliphatic carbocycles. The summed E-state index contributed by atoms with van der Waals surface area (Å²) in [7, 11) is 0. The van der Waals surface area contributed by atoms with Crippen molar-refractivity contribution >= 4 is 17.6 Å². The lowest BCUT2D eigenvalue weighted by molar-refractivity contribution is -0.137. The molecule has 0 fully saturated rings. The number of pyridine rings is 1. The minimum atomic E-state index is -0.769. The highest BCUT2D eigenvalue weighted by molar-refractivity contribution is 5.94. The molecule has 1 aromatic carbocycles. The Kier molecular flexibility index (Phi) is 8.36. The Labute approximate surface area is 177 Å². The molecule has 0 bridgehead atoms. The zero-order chi connectivity index (χ0) is 22.0. The second kappa shape index (κ2) is 11.0. The second-order valence-electron chi connectivity index (χ2n) is 8.10. The molecule has 0 saturated carbocycles. The number of benzene rings is 1. The number of nitrogens with zero attached hydrogens (tertiary/aromatic N) is 3. The predicted molar refractivity (Wildman–Crippen MR) is 118 cm³/mol. The number of hydrogen-bond donors (Lipinski definition) is 3. The van der Waals surface area contributed by atoms with Crippen LogP contribution in [0.5, 0.6) is 0 Å². The first kappa shape index (κ1) is 22.9. The number of hydrogen-bond acceptors (Lipinski definition) is 4. The fourth-order valence-corrected chi connectivity index (χ4v) is 3.18. The van der Waals surface area contributed by atoms with Gasteiger partial charge in [-0.25, -0.2) is 4.99 Å². The number of carboxylic acid groups (broad SMARTS) is 1. The third-order valence-corrected chi connectivity index (χ3v) is 4.39. The molecule has 0 saturated heterocycles. The van der Waals surface area contributed by atoms with Crippen LogP contribution in [0.4, 0.5) is 5.69 Å². The highest BCUT2D eigenvalue weighted by Gasteiger charge is 2.16. The van der Waals surface area contributed by atoms with Crippen LogP contribution in [0.15, 0.2) is 53.8 Å². The van der Waals surface area contributed by atoms with Gasteiger partial charge in [-0.1, -0.05) is 24.6 Å². The number of nitriles is 1. The average Bonchev–Trinajstić information content (AvgIpc) is 2.67. The van der Waals surface area contributed by atoms with Gasteiger partial charge in [-0.2, -0.15) is 5.26 Å². The van der Waals surface area contributed by atoms with Crippen molar-refractivity contribution < 1.29 is 9.90 Å². The molecule has 0 unspecified atom stereocenters. The Balaban J connectivity index is 2.26. The SMILES string of the molecule is CC(C)(C)N=C(NC#N)Nc1cccc([C@H](CCCCC(=O)O)c2cccnc2)c1. The summed E-state index contributed by atoms with van der Waals surface area (Å²) >= 11 is 0. The first-order valence-corrected chi connectivity index (χ1v) is 10.0. The van der Waals surface area contributed by atoms with Crippen molar-refractivity contribution in [3.63, 3.8) is 0 Å². The molecule has 1 aromatic heterocycles. The third kappa shape index (κ3) is 7.92. The summed E-state index contributed by atoms with van der Waals surface area (Å²) in [5.41, 5.74) is 2.66. The molecular weight excluding hydrogens is 378 g/mol. The highest BCUT2D eigenvalue weighted by Crippen LogP contribution is 2.31. The molecule has 30 heavy (non-hydrogen) atoms. The van der Waals surface area contributed by atoms with Gasteiger partial charge in [0.15, 0.2) is 6.19 Å². The molecule has 1 heterocycles. The monoisotopic (exact) mass is 407 g/mol. The van der Waals surface area contributed by atoms with Crippen LogP contribution in [0.2, 0.25) is 0 Å². The molecule has 0 spiro atoms. The normalized spacial score (nSPS) is 12.7. The zero-order valence-electron chi connectivity index (χ0n) is 17.7. The van der Waals surface area contributed by atoms with E-state index in [1.165, 1.54) is 0 Å². The van der Waals surface area contributed by atoms with Gasteiger partial charge in [0.2, 0.25) is 5.96 Å². The number of unbranched alkanes of at least 4 members (excludes halogenated alkanes) is 1. The third-order valence-electron chi connectivity index (χ3n) is 4.39. The van der Waals surface area contributed by atoms with Gasteiger partial charge in [-0.3, -0.25) is 15.1 Å². The standard InChI is InChI=1S/C23H29N5O2/c1-23(2,3)28-22(26-16-24)27-19-10-6-8-17(14-19)20(11-4-5-12-21(29)30)18-9-7-13-25-15-18/h6-10,13-15,20H,4-5,11-12H2,1-3H3,(H,29,30)(H2,26,27,28)/t20-/m0/s1. The molecule has 7 heteroatoms. The summed E-state index contributed by atoms with van der Waals surface area (Å²) in [5, 5.41) is 23.7. The van der Waals surface area contributed by atoms with Crippen molar-refractivity contribution in [2.45, 2.75) is 57.9 Å². The van der Waals surface area contributed by atoms with Crippen molar-refractivity contribution in [3.8, 4) is 6.19 Å². The number of anilines is 1. The summed E-state index contributed by atoms with van der Waals surface area (Å²) in [4.78, 5) is 19.6. The van der Waals surface area contributed by atoms with Crippen LogP contribution in [-0.4, -0.2) is 27.6 Å². The van der Waals surface area contributed by atoms with Gasteiger partial charge in [0.1, 0.15) is 0 Å². The Morgan fingerprint density at radius 2 is 2.00 bits per heavy atom. The van der Waals surface area contributed by atoms with E-state index in [0.29, 0.717) is 12.4 Å². The number of rotatable bonds is 8. The lowest BCUT2D eigenvalue weighted by Gasteiger charge is -2.20. The molecular formula is C23H29N5O2. The molecule has 7 nitrogen and oxygen atoms in total. The van der Waals surface area contributed by atoms with E-state index in [0.717, 1.165) is 29.7 Å². The smallest absolute Gasteiger partial charge is 0.303 e. The van der Waals surface area contributed by atoms with Crippen molar-refractivity contribution in [2.24, 2.45) is 4.99 Å². The van der Waals surface area contributed by atoms with Crippen LogP contribution >= 0.6 is 0 Å². The largest absolute Gasteiger partial charge is 0.481 e. The Morgan fingerprint density at radius 1 is 1.23 bits per heavy atom. The van der Waals surface area contributed by atoms with Crippen LogP contribution in [-0.2, 0) is 4.79 Å². The summed E-state index contributed by atoms with van der Waals surface area (Å²) in [6.45, 7) is 5.87. The predicted octanol–water partition coefficient (Wildman–Crippen LogP) is 4.50. The maximum Gasteiger partial charge on any atom is 0.303 e. The van der Waals surface area contributed by atoms with E-state index < -0.39 is 5.97 Å². The first-order chi connectivity index (χ1) is 14.3. The Hall–Kier alpha value is -3.40. The van der Waals surface area contributed by atoms with Crippen LogP contribution in [0.25, 0.3) is 0 Å². The van der Waals surface area contributed by atoms with Crippen LogP contribution in [0.3, 0.4) is 0 Å². The number of carboxylic acids is 1. The number of carbonyl (C=O) groups is 1. The van der Waals surface area contributed by atoms with Crippen molar-refractivity contribution in [2.75, 3.05) is 5.32 Å². The van der Waals surface area contributed by atoms with E-state index in [2.05, 4.69) is 26.7 Å². The molecule has 2 aromatic rings. The fourth-order valence-electron chi connectivity index (χ4n) is 3.18. The van der Waals surface area contributed by atoms with E-state index in [1.807, 2.05) is 63.5 Å². The van der Waals surface area contributed by atoms with Gasteiger partial charge < -0.3 is 10.4 Å². The molecule has 0 amide bonds. The summed E-state index contributed by atoms with van der Waals surface area (Å²) < 4.78 is 0. The Morgan fingerprint density at radius 3 is 2.63 bits per heavy atom. The van der Waals surface area contributed by atoms with E-state index >= 15 is 0 Å². The topological polar surface area (TPSA) is 110 Å². The lowest BCUT2D eigenvalue weighted by Crippen LogP contribution is -2.30. The fraction of sp³-hybridized carbons (Fsp3) is 0.391. The lowest BCUT2D eigenvalue weighted by atomic mass is 9.87. The van der Waals surface area contributed by atoms with E-state index in [4.69, 9.17) is 10.4 Å². The quantitative estimate of drug-likeness (QED) is 0.195. The van der Waals surface area contributed by atoms with Crippen molar-refractivity contribution in [1.82, 2.24) is 10.3 Å². The van der Waals surface area contributed by atoms with Gasteiger partial charge in [0.25, 0.3) is 0 Å². The average molecular weight is 408 g/mol. The highest BCUT2D eigenvalue weighted by atomic mass is 16.4. The van der Waals surface area contributed by atoms with Crippen LogP contribution in [0, 0.1) is 11.5 Å². The number of aliphatic imine (C=N–C) groups is 1. The summed E-state index contributed by atoms with van der Waals surface area (Å²) in [6.07, 6.45) is 7.95. The number of nitrogens with one attached hydrogen (secondary N) is 2. The number of aliphatic carboxylic acids is 1. The molecule has 0 aliphatic heterocycles. The van der Waals surface area contributed by atoms with E-state index in [-0.39, 0.29) is 17.9 Å². The summed E-state index contributed by atoms with van der Waals surface area (Å²) in [6, 6.07) is 11.9. The Bertz CT molecular complexity index is 898. The molecule has 3 N–H and O–H groups in total. The molecule has 1 atom stereocenters. The molecule has 0 aliphatic rings. The van der Waals surface area contributed by atoms with Gasteiger partial charge in [-0.15, -0.1) is 0 Å². The van der Waals surface area contributed by atoms with Crippen LogP contribution < -0.4 is 10.6 Å². The van der Waals surface area contributed by atoms with E-state index in [1.54, 1.807) is 6.20 Å². The maximum absolute atomic E-state index is 10.8. The van der Waals surface area contributed by atoms with Gasteiger partial charge in [-0.05, 0) is 62.9 Å². The van der Waals surface area contributed by atoms with Crippen molar-refractivity contribution in [3.05, 3.63) is 59.9 Å². The molecule has 2 rings (SSSR count).